The number of ketones is 1. The molecule has 0 aliphatic carbocycles. The number of aromatic nitrogens is 1. The highest BCUT2D eigenvalue weighted by Crippen LogP contribution is 2.39. The van der Waals surface area contributed by atoms with Crippen molar-refractivity contribution in [2.24, 2.45) is 0 Å². The van der Waals surface area contributed by atoms with Gasteiger partial charge in [-0.3, -0.25) is 14.6 Å². The van der Waals surface area contributed by atoms with Gasteiger partial charge in [0.25, 0.3) is 5.91 Å². The smallest absolute Gasteiger partial charge is 0.258 e. The second-order valence-electron chi connectivity index (χ2n) is 7.26. The molecule has 1 amide bonds. The number of carbonyl (C=O) groups is 2. The predicted octanol–water partition coefficient (Wildman–Crippen LogP) is 3.59. The number of ether oxygens (including phenoxy) is 2. The van der Waals surface area contributed by atoms with Crippen LogP contribution in [0.4, 0.5) is 4.39 Å². The highest BCUT2D eigenvalue weighted by molar-refractivity contribution is 5.94. The standard InChI is InChI=1S/C24H21FN2O4/c1-15(28)16-2-4-18(5-3-16)30-14-23(29)27-13-19-12-21-22(25)7-6-20(24(21)31-19)17-8-10-26-11-9-17/h2-11,19H,12-14H2,1H3,(H,27,29). The number of fused-ring (bicyclic) bond motifs is 1. The van der Waals surface area contributed by atoms with Crippen molar-refractivity contribution in [1.29, 1.82) is 0 Å². The van der Waals surface area contributed by atoms with Gasteiger partial charge in [0.2, 0.25) is 0 Å². The number of amides is 1. The van der Waals surface area contributed by atoms with Gasteiger partial charge in [0.05, 0.1) is 6.54 Å². The quantitative estimate of drug-likeness (QED) is 0.591. The van der Waals surface area contributed by atoms with Gasteiger partial charge in [-0.1, -0.05) is 0 Å². The number of pyridine rings is 1. The van der Waals surface area contributed by atoms with E-state index < -0.39 is 0 Å². The Kier molecular flexibility index (Phi) is 5.93. The lowest BCUT2D eigenvalue weighted by Gasteiger charge is -2.14. The number of hydrogen-bond acceptors (Lipinski definition) is 5. The van der Waals surface area contributed by atoms with Crippen LogP contribution in [0.5, 0.6) is 11.5 Å². The number of nitrogens with zero attached hydrogens (tertiary/aromatic N) is 1. The third-order valence-corrected chi connectivity index (χ3v) is 5.07. The van der Waals surface area contributed by atoms with Gasteiger partial charge in [-0.2, -0.15) is 0 Å². The molecule has 1 aliphatic heterocycles. The molecule has 0 saturated heterocycles. The Morgan fingerprint density at radius 1 is 1.13 bits per heavy atom. The van der Waals surface area contributed by atoms with Crippen LogP contribution in [0.2, 0.25) is 0 Å². The fourth-order valence-corrected chi connectivity index (χ4v) is 3.45. The molecule has 0 radical (unpaired) electrons. The van der Waals surface area contributed by atoms with Crippen molar-refractivity contribution in [3.05, 3.63) is 77.9 Å². The maximum absolute atomic E-state index is 14.3. The number of nitrogens with one attached hydrogen (secondary N) is 1. The van der Waals surface area contributed by atoms with Gasteiger partial charge in [0, 0.05) is 35.5 Å². The summed E-state index contributed by atoms with van der Waals surface area (Å²) in [6, 6.07) is 13.4. The minimum absolute atomic E-state index is 0.0367. The predicted molar refractivity (Wildman–Crippen MR) is 113 cm³/mol. The van der Waals surface area contributed by atoms with Crippen molar-refractivity contribution in [3.63, 3.8) is 0 Å². The summed E-state index contributed by atoms with van der Waals surface area (Å²) in [6.07, 6.45) is 3.34. The average molecular weight is 420 g/mol. The van der Waals surface area contributed by atoms with Crippen LogP contribution in [0.3, 0.4) is 0 Å². The van der Waals surface area contributed by atoms with Crippen LogP contribution >= 0.6 is 0 Å². The molecule has 3 aromatic rings. The van der Waals surface area contributed by atoms with Crippen molar-refractivity contribution in [1.82, 2.24) is 10.3 Å². The number of carbonyl (C=O) groups excluding carboxylic acids is 2. The van der Waals surface area contributed by atoms with E-state index in [-0.39, 0.29) is 36.8 Å². The fraction of sp³-hybridized carbons (Fsp3) is 0.208. The Balaban J connectivity index is 1.33. The zero-order valence-electron chi connectivity index (χ0n) is 16.9. The SMILES string of the molecule is CC(=O)c1ccc(OCC(=O)NCC2Cc3c(F)ccc(-c4ccncc4)c3O2)cc1. The summed E-state index contributed by atoms with van der Waals surface area (Å²) in [5.41, 5.74) is 2.77. The number of Topliss-reactive ketones (excluding diaryl/α,β-unsaturated/α-hetero) is 1. The van der Waals surface area contributed by atoms with E-state index in [1.165, 1.54) is 13.0 Å². The molecule has 6 nitrogen and oxygen atoms in total. The molecule has 1 unspecified atom stereocenters. The van der Waals surface area contributed by atoms with Crippen LogP contribution in [0.1, 0.15) is 22.8 Å². The normalized spacial score (nSPS) is 14.5. The first-order valence-electron chi connectivity index (χ1n) is 9.90. The summed E-state index contributed by atoms with van der Waals surface area (Å²) in [4.78, 5) is 27.5. The molecular formula is C24H21FN2O4. The average Bonchev–Trinajstić information content (AvgIpc) is 3.22. The van der Waals surface area contributed by atoms with E-state index in [2.05, 4.69) is 10.3 Å². The van der Waals surface area contributed by atoms with Crippen LogP contribution in [0.15, 0.2) is 60.9 Å². The lowest BCUT2D eigenvalue weighted by Crippen LogP contribution is -2.37. The first kappa shape index (κ1) is 20.5. The monoisotopic (exact) mass is 420 g/mol. The van der Waals surface area contributed by atoms with Crippen molar-refractivity contribution >= 4 is 11.7 Å². The molecule has 0 saturated carbocycles. The highest BCUT2D eigenvalue weighted by Gasteiger charge is 2.29. The second kappa shape index (κ2) is 8.95. The first-order chi connectivity index (χ1) is 15.0. The maximum atomic E-state index is 14.3. The molecule has 0 bridgehead atoms. The zero-order valence-corrected chi connectivity index (χ0v) is 16.9. The molecule has 1 aromatic heterocycles. The summed E-state index contributed by atoms with van der Waals surface area (Å²) in [6.45, 7) is 1.55. The molecule has 0 fully saturated rings. The Morgan fingerprint density at radius 2 is 1.87 bits per heavy atom. The molecule has 1 aliphatic rings. The lowest BCUT2D eigenvalue weighted by atomic mass is 10.0. The largest absolute Gasteiger partial charge is 0.487 e. The molecular weight excluding hydrogens is 399 g/mol. The maximum Gasteiger partial charge on any atom is 0.258 e. The van der Waals surface area contributed by atoms with Crippen LogP contribution in [-0.2, 0) is 11.2 Å². The Morgan fingerprint density at radius 3 is 2.58 bits per heavy atom. The van der Waals surface area contributed by atoms with Gasteiger partial charge < -0.3 is 14.8 Å². The van der Waals surface area contributed by atoms with Gasteiger partial charge in [-0.15, -0.1) is 0 Å². The van der Waals surface area contributed by atoms with Crippen LogP contribution in [-0.4, -0.2) is 35.9 Å². The first-order valence-corrected chi connectivity index (χ1v) is 9.90. The summed E-state index contributed by atoms with van der Waals surface area (Å²) in [5, 5.41) is 2.76. The number of hydrogen-bond donors (Lipinski definition) is 1. The zero-order chi connectivity index (χ0) is 21.8. The second-order valence-corrected chi connectivity index (χ2v) is 7.26. The third kappa shape index (κ3) is 4.71. The minimum Gasteiger partial charge on any atom is -0.487 e. The third-order valence-electron chi connectivity index (χ3n) is 5.07. The molecule has 158 valence electrons. The number of rotatable bonds is 7. The van der Waals surface area contributed by atoms with Gasteiger partial charge >= 0.3 is 0 Å². The molecule has 1 N–H and O–H groups in total. The molecule has 0 spiro atoms. The summed E-state index contributed by atoms with van der Waals surface area (Å²) >= 11 is 0. The number of halogens is 1. The van der Waals surface area contributed by atoms with Gasteiger partial charge in [-0.25, -0.2) is 4.39 Å². The van der Waals surface area contributed by atoms with E-state index in [0.29, 0.717) is 29.0 Å². The van der Waals surface area contributed by atoms with Crippen LogP contribution in [0.25, 0.3) is 11.1 Å². The molecule has 4 rings (SSSR count). The summed E-state index contributed by atoms with van der Waals surface area (Å²) < 4.78 is 25.7. The molecule has 2 heterocycles. The molecule has 7 heteroatoms. The number of benzene rings is 2. The summed E-state index contributed by atoms with van der Waals surface area (Å²) in [5.74, 6) is 0.329. The van der Waals surface area contributed by atoms with Crippen molar-refractivity contribution in [3.8, 4) is 22.6 Å². The fourth-order valence-electron chi connectivity index (χ4n) is 3.45. The van der Waals surface area contributed by atoms with E-state index in [1.807, 2.05) is 12.1 Å². The highest BCUT2D eigenvalue weighted by atomic mass is 19.1. The molecule has 2 aromatic carbocycles. The topological polar surface area (TPSA) is 77.5 Å². The van der Waals surface area contributed by atoms with Crippen LogP contribution < -0.4 is 14.8 Å². The van der Waals surface area contributed by atoms with Crippen molar-refractivity contribution in [2.45, 2.75) is 19.4 Å². The Hall–Kier alpha value is -3.74. The molecule has 1 atom stereocenters. The van der Waals surface area contributed by atoms with E-state index in [1.54, 1.807) is 42.7 Å². The molecule has 31 heavy (non-hydrogen) atoms. The minimum atomic E-state index is -0.369. The van der Waals surface area contributed by atoms with Crippen molar-refractivity contribution < 1.29 is 23.5 Å². The lowest BCUT2D eigenvalue weighted by molar-refractivity contribution is -0.123. The Labute approximate surface area is 179 Å². The van der Waals surface area contributed by atoms with E-state index >= 15 is 0 Å². The van der Waals surface area contributed by atoms with E-state index in [9.17, 15) is 14.0 Å². The van der Waals surface area contributed by atoms with E-state index in [0.717, 1.165) is 11.1 Å². The van der Waals surface area contributed by atoms with E-state index in [4.69, 9.17) is 9.47 Å². The Bertz CT molecular complexity index is 1100. The summed E-state index contributed by atoms with van der Waals surface area (Å²) in [7, 11) is 0. The van der Waals surface area contributed by atoms with Gasteiger partial charge in [-0.05, 0) is 61.0 Å². The van der Waals surface area contributed by atoms with Crippen LogP contribution in [0, 0.1) is 5.82 Å². The van der Waals surface area contributed by atoms with Gasteiger partial charge in [0.1, 0.15) is 23.4 Å². The van der Waals surface area contributed by atoms with Gasteiger partial charge in [0.15, 0.2) is 12.4 Å². The van der Waals surface area contributed by atoms with Crippen molar-refractivity contribution in [2.75, 3.05) is 13.2 Å².